The van der Waals surface area contributed by atoms with Crippen LogP contribution in [0.1, 0.15) is 0 Å². The van der Waals surface area contributed by atoms with E-state index in [2.05, 4.69) is 5.32 Å². The second kappa shape index (κ2) is 8.75. The van der Waals surface area contributed by atoms with Crippen LogP contribution in [-0.4, -0.2) is 46.0 Å². The molecule has 140 valence electrons. The fraction of sp³-hybridized carbons (Fsp3) is 0.235. The van der Waals surface area contributed by atoms with Gasteiger partial charge in [-0.05, 0) is 55.6 Å². The minimum absolute atomic E-state index is 0.0226. The fourth-order valence-corrected chi connectivity index (χ4v) is 2.62. The van der Waals surface area contributed by atoms with Gasteiger partial charge in [0.2, 0.25) is 15.9 Å². The fourth-order valence-electron chi connectivity index (χ4n) is 2.10. The lowest BCUT2D eigenvalue weighted by Crippen LogP contribution is -2.33. The van der Waals surface area contributed by atoms with E-state index >= 15 is 0 Å². The van der Waals surface area contributed by atoms with Crippen molar-refractivity contribution in [2.75, 3.05) is 32.1 Å². The molecule has 0 aromatic heterocycles. The second-order valence-electron chi connectivity index (χ2n) is 5.66. The van der Waals surface area contributed by atoms with E-state index in [1.54, 1.807) is 11.9 Å². The molecule has 0 atom stereocenters. The van der Waals surface area contributed by atoms with Crippen molar-refractivity contribution in [3.63, 3.8) is 0 Å². The van der Waals surface area contributed by atoms with Crippen LogP contribution in [0.2, 0.25) is 0 Å². The Morgan fingerprint density at radius 1 is 1.15 bits per heavy atom. The Hall–Kier alpha value is -2.49. The molecule has 0 aliphatic carbocycles. The minimum atomic E-state index is -3.76. The van der Waals surface area contributed by atoms with E-state index < -0.39 is 10.0 Å². The molecule has 2 rings (SSSR count). The Kier molecular flexibility index (Phi) is 6.67. The summed E-state index contributed by atoms with van der Waals surface area (Å²) in [6, 6.07) is 11.3. The zero-order chi connectivity index (χ0) is 19.2. The molecule has 2 aromatic carbocycles. The number of halogens is 1. The van der Waals surface area contributed by atoms with Crippen molar-refractivity contribution in [3.8, 4) is 5.75 Å². The Balaban J connectivity index is 1.75. The van der Waals surface area contributed by atoms with Crippen molar-refractivity contribution in [2.24, 2.45) is 5.14 Å². The molecule has 0 spiro atoms. The van der Waals surface area contributed by atoms with Crippen LogP contribution in [0.25, 0.3) is 0 Å². The molecule has 0 aliphatic heterocycles. The van der Waals surface area contributed by atoms with Crippen LogP contribution in [-0.2, 0) is 14.8 Å². The SMILES string of the molecule is CN(CCOc1ccc(F)cc1)CC(=O)Nc1ccc(S(N)(=O)=O)cc1. The number of amides is 1. The number of hydrogen-bond donors (Lipinski definition) is 2. The van der Waals surface area contributed by atoms with Crippen molar-refractivity contribution < 1.29 is 22.3 Å². The smallest absolute Gasteiger partial charge is 0.238 e. The number of hydrogen-bond acceptors (Lipinski definition) is 5. The summed E-state index contributed by atoms with van der Waals surface area (Å²) in [7, 11) is -2.00. The van der Waals surface area contributed by atoms with Crippen LogP contribution in [0.15, 0.2) is 53.4 Å². The standard InChI is InChI=1S/C17H20FN3O4S/c1-21(10-11-25-15-6-2-13(18)3-7-15)12-17(22)20-14-4-8-16(9-5-14)26(19,23)24/h2-9H,10-12H2,1H3,(H,20,22)(H2,19,23,24). The first-order valence-electron chi connectivity index (χ1n) is 7.74. The van der Waals surface area contributed by atoms with Crippen molar-refractivity contribution >= 4 is 21.6 Å². The normalized spacial score (nSPS) is 11.4. The van der Waals surface area contributed by atoms with E-state index in [0.717, 1.165) is 0 Å². The molecular weight excluding hydrogens is 361 g/mol. The Morgan fingerprint density at radius 2 is 1.77 bits per heavy atom. The number of nitrogens with two attached hydrogens (primary N) is 1. The van der Waals surface area contributed by atoms with Gasteiger partial charge in [0.1, 0.15) is 18.2 Å². The van der Waals surface area contributed by atoms with Gasteiger partial charge in [-0.15, -0.1) is 0 Å². The highest BCUT2D eigenvalue weighted by molar-refractivity contribution is 7.89. The molecule has 0 bridgehead atoms. The molecule has 3 N–H and O–H groups in total. The Bertz CT molecular complexity index is 839. The molecule has 0 saturated heterocycles. The van der Waals surface area contributed by atoms with Crippen LogP contribution in [0.3, 0.4) is 0 Å². The Morgan fingerprint density at radius 3 is 2.35 bits per heavy atom. The number of ether oxygens (including phenoxy) is 1. The van der Waals surface area contributed by atoms with Crippen molar-refractivity contribution in [1.82, 2.24) is 4.90 Å². The number of carbonyl (C=O) groups is 1. The molecule has 0 unspecified atom stereocenters. The number of sulfonamides is 1. The summed E-state index contributed by atoms with van der Waals surface area (Å²) < 4.78 is 40.6. The lowest BCUT2D eigenvalue weighted by molar-refractivity contribution is -0.117. The molecule has 0 fully saturated rings. The van der Waals surface area contributed by atoms with Gasteiger partial charge in [-0.25, -0.2) is 17.9 Å². The second-order valence-corrected chi connectivity index (χ2v) is 7.22. The van der Waals surface area contributed by atoms with Gasteiger partial charge in [0.15, 0.2) is 0 Å². The quantitative estimate of drug-likeness (QED) is 0.720. The van der Waals surface area contributed by atoms with Crippen molar-refractivity contribution in [3.05, 3.63) is 54.3 Å². The molecule has 0 saturated carbocycles. The number of likely N-dealkylation sites (N-methyl/N-ethyl adjacent to an activating group) is 1. The van der Waals surface area contributed by atoms with Gasteiger partial charge in [-0.1, -0.05) is 0 Å². The molecular formula is C17H20FN3O4S. The van der Waals surface area contributed by atoms with Crippen LogP contribution < -0.4 is 15.2 Å². The summed E-state index contributed by atoms with van der Waals surface area (Å²) in [4.78, 5) is 13.7. The maximum Gasteiger partial charge on any atom is 0.238 e. The molecule has 26 heavy (non-hydrogen) atoms. The zero-order valence-corrected chi connectivity index (χ0v) is 15.0. The lowest BCUT2D eigenvalue weighted by Gasteiger charge is -2.16. The summed E-state index contributed by atoms with van der Waals surface area (Å²) >= 11 is 0. The topological polar surface area (TPSA) is 102 Å². The van der Waals surface area contributed by atoms with Gasteiger partial charge >= 0.3 is 0 Å². The van der Waals surface area contributed by atoms with E-state index in [1.165, 1.54) is 48.5 Å². The lowest BCUT2D eigenvalue weighted by atomic mass is 10.3. The van der Waals surface area contributed by atoms with E-state index in [4.69, 9.17) is 9.88 Å². The van der Waals surface area contributed by atoms with Crippen LogP contribution >= 0.6 is 0 Å². The van der Waals surface area contributed by atoms with Crippen molar-refractivity contribution in [1.29, 1.82) is 0 Å². The average Bonchev–Trinajstić information content (AvgIpc) is 2.56. The predicted molar refractivity (Wildman–Crippen MR) is 95.8 cm³/mol. The minimum Gasteiger partial charge on any atom is -0.492 e. The number of nitrogens with one attached hydrogen (secondary N) is 1. The summed E-state index contributed by atoms with van der Waals surface area (Å²) in [5.74, 6) is -0.0277. The number of nitrogens with zero attached hydrogens (tertiary/aromatic N) is 1. The molecule has 2 aromatic rings. The number of carbonyl (C=O) groups excluding carboxylic acids is 1. The highest BCUT2D eigenvalue weighted by Crippen LogP contribution is 2.13. The number of rotatable bonds is 8. The third-order valence-corrected chi connectivity index (χ3v) is 4.36. The van der Waals surface area contributed by atoms with Gasteiger partial charge in [0.25, 0.3) is 0 Å². The summed E-state index contributed by atoms with van der Waals surface area (Å²) in [6.45, 7) is 0.970. The number of benzene rings is 2. The maximum absolute atomic E-state index is 12.8. The van der Waals surface area contributed by atoms with Gasteiger partial charge < -0.3 is 10.1 Å². The number of anilines is 1. The Labute approximate surface area is 151 Å². The largest absolute Gasteiger partial charge is 0.492 e. The highest BCUT2D eigenvalue weighted by atomic mass is 32.2. The molecule has 0 aliphatic rings. The van der Waals surface area contributed by atoms with Gasteiger partial charge in [0.05, 0.1) is 11.4 Å². The predicted octanol–water partition coefficient (Wildman–Crippen LogP) is 1.42. The highest BCUT2D eigenvalue weighted by Gasteiger charge is 2.10. The maximum atomic E-state index is 12.8. The van der Waals surface area contributed by atoms with Crippen LogP contribution in [0, 0.1) is 5.82 Å². The molecule has 1 amide bonds. The third kappa shape index (κ3) is 6.43. The van der Waals surface area contributed by atoms with E-state index in [-0.39, 0.29) is 23.2 Å². The average molecular weight is 381 g/mol. The van der Waals surface area contributed by atoms with E-state index in [1.807, 2.05) is 0 Å². The zero-order valence-electron chi connectivity index (χ0n) is 14.2. The first kappa shape index (κ1) is 19.8. The first-order chi connectivity index (χ1) is 12.2. The van der Waals surface area contributed by atoms with Crippen LogP contribution in [0.4, 0.5) is 10.1 Å². The van der Waals surface area contributed by atoms with Gasteiger partial charge in [0, 0.05) is 12.2 Å². The summed E-state index contributed by atoms with van der Waals surface area (Å²) in [5, 5.41) is 7.68. The molecule has 0 radical (unpaired) electrons. The summed E-state index contributed by atoms with van der Waals surface area (Å²) in [5.41, 5.74) is 0.471. The number of primary sulfonamides is 1. The molecule has 7 nitrogen and oxygen atoms in total. The monoisotopic (exact) mass is 381 g/mol. The van der Waals surface area contributed by atoms with Crippen molar-refractivity contribution in [2.45, 2.75) is 4.90 Å². The van der Waals surface area contributed by atoms with E-state index in [9.17, 15) is 17.6 Å². The van der Waals surface area contributed by atoms with Crippen LogP contribution in [0.5, 0.6) is 5.75 Å². The molecule has 0 heterocycles. The summed E-state index contributed by atoms with van der Waals surface area (Å²) in [6.07, 6.45) is 0. The van der Waals surface area contributed by atoms with Gasteiger partial charge in [-0.3, -0.25) is 9.69 Å². The van der Waals surface area contributed by atoms with E-state index in [0.29, 0.717) is 24.6 Å². The molecule has 9 heteroatoms. The first-order valence-corrected chi connectivity index (χ1v) is 9.28. The van der Waals surface area contributed by atoms with Gasteiger partial charge in [-0.2, -0.15) is 0 Å². The third-order valence-electron chi connectivity index (χ3n) is 3.44.